The Kier molecular flexibility index (Phi) is 7.18. The zero-order valence-corrected chi connectivity index (χ0v) is 11.4. The summed E-state index contributed by atoms with van der Waals surface area (Å²) in [4.78, 5) is 23.2. The van der Waals surface area contributed by atoms with Crippen LogP contribution in [0.5, 0.6) is 0 Å². The average Bonchev–Trinajstić information content (AvgIpc) is 2.36. The van der Waals surface area contributed by atoms with Gasteiger partial charge >= 0.3 is 5.97 Å². The smallest absolute Gasteiger partial charge is 0.306 e. The van der Waals surface area contributed by atoms with Crippen LogP contribution in [0.25, 0.3) is 0 Å². The predicted octanol–water partition coefficient (Wildman–Crippen LogP) is 3.08. The van der Waals surface area contributed by atoms with E-state index in [9.17, 15) is 9.59 Å². The molecule has 0 saturated carbocycles. The number of esters is 1. The first-order chi connectivity index (χ1) is 8.68. The van der Waals surface area contributed by atoms with Crippen LogP contribution in [-0.4, -0.2) is 24.1 Å². The summed E-state index contributed by atoms with van der Waals surface area (Å²) < 4.78 is 5.03. The fraction of sp³-hybridized carbons (Fsp3) is 0.429. The quantitative estimate of drug-likeness (QED) is 0.412. The van der Waals surface area contributed by atoms with E-state index in [1.807, 2.05) is 30.3 Å². The van der Waals surface area contributed by atoms with E-state index in [2.05, 4.69) is 0 Å². The minimum Gasteiger partial charge on any atom is -0.466 e. The van der Waals surface area contributed by atoms with E-state index in [1.165, 1.54) is 0 Å². The third-order valence-electron chi connectivity index (χ3n) is 2.25. The van der Waals surface area contributed by atoms with Crippen molar-refractivity contribution in [2.75, 3.05) is 12.4 Å². The van der Waals surface area contributed by atoms with Crippen molar-refractivity contribution < 1.29 is 14.3 Å². The third kappa shape index (κ3) is 7.12. The Bertz CT molecular complexity index is 376. The summed E-state index contributed by atoms with van der Waals surface area (Å²) in [6, 6.07) is 9.95. The van der Waals surface area contributed by atoms with Gasteiger partial charge < -0.3 is 9.53 Å². The molecule has 0 amide bonds. The Hall–Kier alpha value is -1.29. The fourth-order valence-electron chi connectivity index (χ4n) is 1.35. The van der Waals surface area contributed by atoms with E-state index < -0.39 is 0 Å². The first kappa shape index (κ1) is 14.8. The Balaban J connectivity index is 2.05. The molecule has 0 bridgehead atoms. The van der Waals surface area contributed by atoms with E-state index in [-0.39, 0.29) is 11.8 Å². The van der Waals surface area contributed by atoms with Gasteiger partial charge in [-0.15, -0.1) is 11.8 Å². The van der Waals surface area contributed by atoms with Gasteiger partial charge in [0, 0.05) is 17.1 Å². The number of ketones is 1. The summed E-state index contributed by atoms with van der Waals surface area (Å²) in [6.45, 7) is 1.88. The van der Waals surface area contributed by atoms with Gasteiger partial charge in [0.05, 0.1) is 13.0 Å². The van der Waals surface area contributed by atoms with Crippen molar-refractivity contribution in [2.45, 2.75) is 31.1 Å². The lowest BCUT2D eigenvalue weighted by molar-refractivity contribution is -0.143. The summed E-state index contributed by atoms with van der Waals surface area (Å²) in [5, 5.41) is 0. The van der Waals surface area contributed by atoms with Crippen LogP contribution in [0.1, 0.15) is 26.2 Å². The Labute approximate surface area is 112 Å². The lowest BCUT2D eigenvalue weighted by Gasteiger charge is -2.04. The first-order valence-corrected chi connectivity index (χ1v) is 7.00. The summed E-state index contributed by atoms with van der Waals surface area (Å²) in [5.41, 5.74) is 0. The number of ether oxygens (including phenoxy) is 1. The highest BCUT2D eigenvalue weighted by Crippen LogP contribution is 2.17. The minimum atomic E-state index is -0.193. The van der Waals surface area contributed by atoms with Gasteiger partial charge in [0.2, 0.25) is 0 Å². The van der Waals surface area contributed by atoms with Crippen LogP contribution in [0.15, 0.2) is 35.2 Å². The van der Waals surface area contributed by atoms with Crippen molar-refractivity contribution in [1.82, 2.24) is 0 Å². The number of hydrogen-bond donors (Lipinski definition) is 0. The fourth-order valence-corrected chi connectivity index (χ4v) is 2.20. The second kappa shape index (κ2) is 8.75. The van der Waals surface area contributed by atoms with Gasteiger partial charge in [-0.25, -0.2) is 0 Å². The van der Waals surface area contributed by atoms with E-state index in [1.54, 1.807) is 18.7 Å². The molecule has 0 unspecified atom stereocenters. The highest BCUT2D eigenvalue weighted by atomic mass is 32.2. The monoisotopic (exact) mass is 266 g/mol. The molecule has 98 valence electrons. The van der Waals surface area contributed by atoms with Gasteiger partial charge in [-0.05, 0) is 25.5 Å². The highest BCUT2D eigenvalue weighted by Gasteiger charge is 2.03. The van der Waals surface area contributed by atoms with Gasteiger partial charge in [0.1, 0.15) is 5.78 Å². The molecule has 1 aromatic rings. The van der Waals surface area contributed by atoms with Crippen molar-refractivity contribution >= 4 is 23.5 Å². The Morgan fingerprint density at radius 2 is 1.89 bits per heavy atom. The summed E-state index contributed by atoms with van der Waals surface area (Å²) >= 11 is 1.64. The van der Waals surface area contributed by atoms with Gasteiger partial charge in [-0.2, -0.15) is 0 Å². The molecular weight excluding hydrogens is 248 g/mol. The molecule has 0 aliphatic rings. The molecule has 0 saturated heterocycles. The second-order valence-corrected chi connectivity index (χ2v) is 5.11. The molecule has 0 atom stereocenters. The number of hydrogen-bond acceptors (Lipinski definition) is 4. The van der Waals surface area contributed by atoms with E-state index in [0.717, 1.165) is 10.6 Å². The lowest BCUT2D eigenvalue weighted by atomic mass is 10.2. The zero-order valence-electron chi connectivity index (χ0n) is 10.6. The molecular formula is C14H18O3S. The molecule has 1 aromatic carbocycles. The van der Waals surface area contributed by atoms with Gasteiger partial charge in [-0.3, -0.25) is 4.79 Å². The maximum absolute atomic E-state index is 11.4. The van der Waals surface area contributed by atoms with Gasteiger partial charge in [0.15, 0.2) is 0 Å². The number of Topliss-reactive ketones (excluding diaryl/α,β-unsaturated/α-hetero) is 1. The summed E-state index contributed by atoms with van der Waals surface area (Å²) in [7, 11) is 0. The van der Waals surface area contributed by atoms with Crippen molar-refractivity contribution in [3.63, 3.8) is 0 Å². The molecule has 1 rings (SSSR count). The van der Waals surface area contributed by atoms with Crippen molar-refractivity contribution in [3.05, 3.63) is 30.3 Å². The molecule has 0 spiro atoms. The average molecular weight is 266 g/mol. The number of thioether (sulfide) groups is 1. The van der Waals surface area contributed by atoms with Crippen LogP contribution in [0.3, 0.4) is 0 Å². The Morgan fingerprint density at radius 3 is 2.56 bits per heavy atom. The molecule has 0 aliphatic heterocycles. The van der Waals surface area contributed by atoms with Gasteiger partial charge in [-0.1, -0.05) is 18.2 Å². The van der Waals surface area contributed by atoms with Crippen LogP contribution < -0.4 is 0 Å². The maximum atomic E-state index is 11.4. The molecule has 3 nitrogen and oxygen atoms in total. The van der Waals surface area contributed by atoms with Crippen LogP contribution in [-0.2, 0) is 14.3 Å². The molecule has 18 heavy (non-hydrogen) atoms. The molecule has 0 aliphatic carbocycles. The third-order valence-corrected chi connectivity index (χ3v) is 3.27. The minimum absolute atomic E-state index is 0.130. The van der Waals surface area contributed by atoms with Crippen LogP contribution in [0, 0.1) is 0 Å². The first-order valence-electron chi connectivity index (χ1n) is 6.01. The van der Waals surface area contributed by atoms with E-state index in [4.69, 9.17) is 4.74 Å². The van der Waals surface area contributed by atoms with E-state index in [0.29, 0.717) is 25.9 Å². The maximum Gasteiger partial charge on any atom is 0.306 e. The lowest BCUT2D eigenvalue weighted by Crippen LogP contribution is -2.07. The largest absolute Gasteiger partial charge is 0.466 e. The molecule has 0 fully saturated rings. The molecule has 0 N–H and O–H groups in total. The molecule has 0 radical (unpaired) electrons. The summed E-state index contributed by atoms with van der Waals surface area (Å²) in [6.07, 6.45) is 1.50. The van der Waals surface area contributed by atoms with Gasteiger partial charge in [0.25, 0.3) is 0 Å². The van der Waals surface area contributed by atoms with Crippen molar-refractivity contribution in [3.8, 4) is 0 Å². The van der Waals surface area contributed by atoms with Crippen LogP contribution in [0.2, 0.25) is 0 Å². The van der Waals surface area contributed by atoms with Crippen molar-refractivity contribution in [2.24, 2.45) is 0 Å². The Morgan fingerprint density at radius 1 is 1.17 bits per heavy atom. The molecule has 4 heteroatoms. The highest BCUT2D eigenvalue weighted by molar-refractivity contribution is 7.99. The van der Waals surface area contributed by atoms with E-state index >= 15 is 0 Å². The van der Waals surface area contributed by atoms with Crippen LogP contribution >= 0.6 is 11.8 Å². The second-order valence-electron chi connectivity index (χ2n) is 3.94. The summed E-state index contributed by atoms with van der Waals surface area (Å²) in [5.74, 6) is 0.655. The number of rotatable bonds is 8. The predicted molar refractivity (Wildman–Crippen MR) is 72.7 cm³/mol. The molecule has 0 heterocycles. The molecule has 0 aromatic heterocycles. The normalized spacial score (nSPS) is 10.1. The SMILES string of the molecule is CC(=O)CCCOC(=O)CCSc1ccccc1. The standard InChI is InChI=1S/C14H18O3S/c1-12(15)6-5-10-17-14(16)9-11-18-13-7-3-2-4-8-13/h2-4,7-8H,5-6,9-11H2,1H3. The van der Waals surface area contributed by atoms with Crippen LogP contribution in [0.4, 0.5) is 0 Å². The number of carbonyl (C=O) groups excluding carboxylic acids is 2. The number of carbonyl (C=O) groups is 2. The zero-order chi connectivity index (χ0) is 13.2. The number of benzene rings is 1. The van der Waals surface area contributed by atoms with Crippen molar-refractivity contribution in [1.29, 1.82) is 0 Å². The topological polar surface area (TPSA) is 43.4 Å².